The van der Waals surface area contributed by atoms with Gasteiger partial charge in [0, 0.05) is 12.6 Å². The lowest BCUT2D eigenvalue weighted by Crippen LogP contribution is -2.45. The van der Waals surface area contributed by atoms with Crippen LogP contribution in [-0.4, -0.2) is 25.0 Å². The van der Waals surface area contributed by atoms with E-state index >= 15 is 0 Å². The Morgan fingerprint density at radius 1 is 1.33 bits per heavy atom. The van der Waals surface area contributed by atoms with Crippen molar-refractivity contribution in [3.05, 3.63) is 35.1 Å². The number of hydrogen-bond donors (Lipinski definition) is 2. The van der Waals surface area contributed by atoms with Gasteiger partial charge < -0.3 is 10.6 Å². The minimum atomic E-state index is -4.60. The molecule has 2 N–H and O–H groups in total. The number of nitrogens with one attached hydrogen (secondary N) is 2. The van der Waals surface area contributed by atoms with Crippen molar-refractivity contribution in [3.63, 3.8) is 0 Å². The quantitative estimate of drug-likeness (QED) is 0.821. The number of hydrogen-bond acceptors (Lipinski definition) is 2. The van der Waals surface area contributed by atoms with Crippen LogP contribution in [0.1, 0.15) is 28.8 Å². The van der Waals surface area contributed by atoms with Crippen molar-refractivity contribution >= 4 is 18.3 Å². The molecule has 118 valence electrons. The molecule has 1 amide bonds. The zero-order valence-corrected chi connectivity index (χ0v) is 11.8. The van der Waals surface area contributed by atoms with Gasteiger partial charge in [0.25, 0.3) is 5.91 Å². The van der Waals surface area contributed by atoms with E-state index in [-0.39, 0.29) is 18.4 Å². The van der Waals surface area contributed by atoms with E-state index < -0.39 is 29.0 Å². The molecule has 0 aromatic heterocycles. The van der Waals surface area contributed by atoms with E-state index in [1.807, 2.05) is 0 Å². The van der Waals surface area contributed by atoms with Gasteiger partial charge in [-0.15, -0.1) is 12.4 Å². The van der Waals surface area contributed by atoms with Crippen molar-refractivity contribution in [2.75, 3.05) is 13.1 Å². The van der Waals surface area contributed by atoms with Crippen molar-refractivity contribution in [1.29, 1.82) is 0 Å². The highest BCUT2D eigenvalue weighted by atomic mass is 35.5. The van der Waals surface area contributed by atoms with E-state index in [9.17, 15) is 22.4 Å². The molecular formula is C13H15ClF4N2O. The summed E-state index contributed by atoms with van der Waals surface area (Å²) in [4.78, 5) is 11.9. The molecule has 1 heterocycles. The molecule has 0 unspecified atom stereocenters. The highest BCUT2D eigenvalue weighted by Gasteiger charge is 2.32. The summed E-state index contributed by atoms with van der Waals surface area (Å²) in [5.74, 6) is -1.78. The van der Waals surface area contributed by atoms with E-state index in [1.165, 1.54) is 0 Å². The lowest BCUT2D eigenvalue weighted by Gasteiger charge is -2.24. The van der Waals surface area contributed by atoms with Crippen molar-refractivity contribution in [1.82, 2.24) is 10.6 Å². The van der Waals surface area contributed by atoms with Crippen molar-refractivity contribution in [2.24, 2.45) is 0 Å². The fraction of sp³-hybridized carbons (Fsp3) is 0.462. The number of carbonyl (C=O) groups excluding carboxylic acids is 1. The van der Waals surface area contributed by atoms with Gasteiger partial charge in [-0.3, -0.25) is 4.79 Å². The third-order valence-electron chi connectivity index (χ3n) is 3.17. The largest absolute Gasteiger partial charge is 0.416 e. The van der Waals surface area contributed by atoms with Crippen LogP contribution in [0.3, 0.4) is 0 Å². The second-order valence-electron chi connectivity index (χ2n) is 4.71. The normalized spacial score (nSPS) is 18.8. The Bertz CT molecular complexity index is 501. The van der Waals surface area contributed by atoms with Gasteiger partial charge in [0.05, 0.1) is 11.1 Å². The number of alkyl halides is 3. The lowest BCUT2D eigenvalue weighted by molar-refractivity contribution is -0.137. The SMILES string of the molecule is Cl.O=C(N[C@@H]1CCCNC1)c1cc(C(F)(F)F)ccc1F. The van der Waals surface area contributed by atoms with Crippen LogP contribution < -0.4 is 10.6 Å². The second-order valence-corrected chi connectivity index (χ2v) is 4.71. The lowest BCUT2D eigenvalue weighted by atomic mass is 10.1. The van der Waals surface area contributed by atoms with E-state index in [1.54, 1.807) is 0 Å². The van der Waals surface area contributed by atoms with E-state index in [0.29, 0.717) is 24.7 Å². The fourth-order valence-electron chi connectivity index (χ4n) is 2.11. The van der Waals surface area contributed by atoms with Gasteiger partial charge in [-0.25, -0.2) is 4.39 Å². The van der Waals surface area contributed by atoms with E-state index in [4.69, 9.17) is 0 Å². The Hall–Kier alpha value is -1.34. The Kier molecular flexibility index (Phi) is 5.98. The molecule has 0 bridgehead atoms. The molecule has 1 aliphatic heterocycles. The summed E-state index contributed by atoms with van der Waals surface area (Å²) < 4.78 is 51.2. The average molecular weight is 327 g/mol. The van der Waals surface area contributed by atoms with Crippen LogP contribution in [0.25, 0.3) is 0 Å². The zero-order chi connectivity index (χ0) is 14.8. The summed E-state index contributed by atoms with van der Waals surface area (Å²) in [6, 6.07) is 1.64. The minimum absolute atomic E-state index is 0. The second kappa shape index (κ2) is 7.09. The van der Waals surface area contributed by atoms with Crippen LogP contribution in [0.15, 0.2) is 18.2 Å². The molecule has 1 aliphatic rings. The first-order chi connectivity index (χ1) is 9.38. The molecule has 0 saturated carbocycles. The molecule has 1 aromatic carbocycles. The summed E-state index contributed by atoms with van der Waals surface area (Å²) >= 11 is 0. The predicted molar refractivity (Wildman–Crippen MR) is 72.0 cm³/mol. The maximum absolute atomic E-state index is 13.5. The number of carbonyl (C=O) groups is 1. The number of piperidine rings is 1. The van der Waals surface area contributed by atoms with Gasteiger partial charge in [-0.1, -0.05) is 0 Å². The predicted octanol–water partition coefficient (Wildman–Crippen LogP) is 2.75. The monoisotopic (exact) mass is 326 g/mol. The Balaban J connectivity index is 0.00000220. The molecule has 0 aliphatic carbocycles. The average Bonchev–Trinajstić information content (AvgIpc) is 2.39. The van der Waals surface area contributed by atoms with Crippen molar-refractivity contribution in [3.8, 4) is 0 Å². The van der Waals surface area contributed by atoms with E-state index in [2.05, 4.69) is 10.6 Å². The first kappa shape index (κ1) is 17.7. The van der Waals surface area contributed by atoms with Crippen LogP contribution in [0.5, 0.6) is 0 Å². The highest BCUT2D eigenvalue weighted by Crippen LogP contribution is 2.30. The summed E-state index contributed by atoms with van der Waals surface area (Å²) in [6.45, 7) is 1.37. The van der Waals surface area contributed by atoms with Gasteiger partial charge >= 0.3 is 6.18 Å². The molecule has 21 heavy (non-hydrogen) atoms. The smallest absolute Gasteiger partial charge is 0.348 e. The van der Waals surface area contributed by atoms with Gasteiger partial charge in [0.1, 0.15) is 5.82 Å². The number of rotatable bonds is 2. The van der Waals surface area contributed by atoms with E-state index in [0.717, 1.165) is 19.4 Å². The molecule has 8 heteroatoms. The molecule has 1 atom stereocenters. The Morgan fingerprint density at radius 3 is 2.62 bits per heavy atom. The first-order valence-corrected chi connectivity index (χ1v) is 6.26. The van der Waals surface area contributed by atoms with Crippen LogP contribution in [0, 0.1) is 5.82 Å². The molecule has 1 fully saturated rings. The first-order valence-electron chi connectivity index (χ1n) is 6.26. The third-order valence-corrected chi connectivity index (χ3v) is 3.17. The molecule has 0 radical (unpaired) electrons. The van der Waals surface area contributed by atoms with Crippen molar-refractivity contribution < 1.29 is 22.4 Å². The highest BCUT2D eigenvalue weighted by molar-refractivity contribution is 5.94. The summed E-state index contributed by atoms with van der Waals surface area (Å²) in [7, 11) is 0. The van der Waals surface area contributed by atoms with Gasteiger partial charge in [-0.05, 0) is 37.6 Å². The van der Waals surface area contributed by atoms with Crippen LogP contribution >= 0.6 is 12.4 Å². The Labute approximate surface area is 125 Å². The summed E-state index contributed by atoms with van der Waals surface area (Å²) in [6.07, 6.45) is -3.02. The number of amides is 1. The standard InChI is InChI=1S/C13H14F4N2O.ClH/c14-11-4-3-8(13(15,16)17)6-10(11)12(20)19-9-2-1-5-18-7-9;/h3-4,6,9,18H,1-2,5,7H2,(H,19,20);1H/t9-;/m1./s1. The van der Waals surface area contributed by atoms with Gasteiger partial charge in [-0.2, -0.15) is 13.2 Å². The molecule has 1 aromatic rings. The topological polar surface area (TPSA) is 41.1 Å². The van der Waals surface area contributed by atoms with Crippen LogP contribution in [0.2, 0.25) is 0 Å². The molecular weight excluding hydrogens is 312 g/mol. The number of halogens is 5. The number of benzene rings is 1. The van der Waals surface area contributed by atoms with Gasteiger partial charge in [0.2, 0.25) is 0 Å². The summed E-state index contributed by atoms with van der Waals surface area (Å²) in [5, 5.41) is 5.60. The molecule has 3 nitrogen and oxygen atoms in total. The fourth-order valence-corrected chi connectivity index (χ4v) is 2.11. The van der Waals surface area contributed by atoms with Crippen LogP contribution in [-0.2, 0) is 6.18 Å². The van der Waals surface area contributed by atoms with Crippen molar-refractivity contribution in [2.45, 2.75) is 25.1 Å². The molecule has 2 rings (SSSR count). The third kappa shape index (κ3) is 4.57. The van der Waals surface area contributed by atoms with Crippen LogP contribution in [0.4, 0.5) is 17.6 Å². The maximum Gasteiger partial charge on any atom is 0.416 e. The minimum Gasteiger partial charge on any atom is -0.348 e. The summed E-state index contributed by atoms with van der Waals surface area (Å²) in [5.41, 5.74) is -1.61. The molecule has 0 spiro atoms. The van der Waals surface area contributed by atoms with Gasteiger partial charge in [0.15, 0.2) is 0 Å². The molecule has 1 saturated heterocycles. The zero-order valence-electron chi connectivity index (χ0n) is 11.0. The Morgan fingerprint density at radius 2 is 2.05 bits per heavy atom. The maximum atomic E-state index is 13.5.